The van der Waals surface area contributed by atoms with Crippen LogP contribution < -0.4 is 0 Å². The smallest absolute Gasteiger partial charge is 0.00203 e. The average Bonchev–Trinajstić information content (AvgIpc) is 0.763. The Balaban J connectivity index is 0.000000139. The highest BCUT2D eigenvalue weighted by atomic mass is 14.2. The Kier molecular flexibility index (Phi) is 13.3. The van der Waals surface area contributed by atoms with Gasteiger partial charge in [0.1, 0.15) is 0 Å². The van der Waals surface area contributed by atoms with Crippen molar-refractivity contribution in [3.63, 3.8) is 0 Å². The van der Waals surface area contributed by atoms with Gasteiger partial charge in [-0.25, -0.2) is 0 Å². The largest absolute Gasteiger partial charge is 0.0622 e. The minimum absolute atomic E-state index is 1.22. The fraction of sp³-hybridized carbons (Fsp3) is 0. The van der Waals surface area contributed by atoms with E-state index in [1.165, 1.54) is 186 Å². The van der Waals surface area contributed by atoms with E-state index < -0.39 is 0 Å². The molecule has 0 bridgehead atoms. The van der Waals surface area contributed by atoms with Crippen LogP contribution in [-0.4, -0.2) is 0 Å². The summed E-state index contributed by atoms with van der Waals surface area (Å²) in [5, 5.41) is 20.8. The first-order chi connectivity index (χ1) is 46.6. The third-order valence-corrected chi connectivity index (χ3v) is 19.7. The molecule has 0 saturated carbocycles. The first-order valence-electron chi connectivity index (χ1n) is 32.6. The van der Waals surface area contributed by atoms with E-state index >= 15 is 0 Å². The van der Waals surface area contributed by atoms with E-state index in [2.05, 4.69) is 364 Å². The van der Waals surface area contributed by atoms with Crippen LogP contribution in [0.25, 0.3) is 186 Å². The second-order valence-corrected chi connectivity index (χ2v) is 24.9. The summed E-state index contributed by atoms with van der Waals surface area (Å²) in [6, 6.07) is 133. The van der Waals surface area contributed by atoms with E-state index in [1.54, 1.807) is 0 Å². The van der Waals surface area contributed by atoms with Gasteiger partial charge in [0.05, 0.1) is 0 Å². The number of benzene rings is 19. The minimum Gasteiger partial charge on any atom is -0.0622 e. The first kappa shape index (κ1) is 54.7. The molecule has 0 heteroatoms. The quantitative estimate of drug-likeness (QED) is 0.126. The van der Waals surface area contributed by atoms with Gasteiger partial charge < -0.3 is 0 Å². The number of hydrogen-bond acceptors (Lipinski definition) is 0. The van der Waals surface area contributed by atoms with Crippen molar-refractivity contribution in [2.75, 3.05) is 0 Å². The summed E-state index contributed by atoms with van der Waals surface area (Å²) in [6.45, 7) is 0. The van der Waals surface area contributed by atoms with Crippen LogP contribution >= 0.6 is 0 Å². The second-order valence-electron chi connectivity index (χ2n) is 24.9. The summed E-state index contributed by atoms with van der Waals surface area (Å²) in [5.74, 6) is 0. The number of hydrogen-bond donors (Lipinski definition) is 0. The molecule has 0 N–H and O–H groups in total. The van der Waals surface area contributed by atoms with Gasteiger partial charge in [0, 0.05) is 0 Å². The highest BCUT2D eigenvalue weighted by molar-refractivity contribution is 6.29. The van der Waals surface area contributed by atoms with Crippen LogP contribution in [0.15, 0.2) is 364 Å². The van der Waals surface area contributed by atoms with Crippen LogP contribution in [-0.2, 0) is 0 Å². The van der Waals surface area contributed by atoms with Crippen molar-refractivity contribution in [3.05, 3.63) is 364 Å². The maximum absolute atomic E-state index is 2.35. The highest BCUT2D eigenvalue weighted by Gasteiger charge is 2.20. The van der Waals surface area contributed by atoms with Gasteiger partial charge in [0.25, 0.3) is 0 Å². The number of fused-ring (bicyclic) bond motifs is 2. The molecule has 0 heterocycles. The second kappa shape index (κ2) is 22.9. The van der Waals surface area contributed by atoms with Crippen molar-refractivity contribution in [1.82, 2.24) is 0 Å². The SMILES string of the molecule is c1ccc(-c2ccc(-c3ccccc3-c3ccc4ccc5ccc(-c6ccc(-c7cccc8ccccc78)cc6)c6ccc3c4c56)cc2)cc1.c1ccc(-c2cccc(-c3ccc4ccc5c(-c6ccc(-c7cccc8ccccc78)cc6)ccc6ccc3c4c65)c2)cc1. The Labute approximate surface area is 546 Å². The molecule has 436 valence electrons. The fourth-order valence-corrected chi connectivity index (χ4v) is 15.1. The molecule has 0 atom stereocenters. The molecule has 0 radical (unpaired) electrons. The van der Waals surface area contributed by atoms with Gasteiger partial charge in [-0.3, -0.25) is 0 Å². The monoisotopic (exact) mass is 1190 g/mol. The molecule has 19 aromatic carbocycles. The van der Waals surface area contributed by atoms with Crippen LogP contribution in [0, 0.1) is 0 Å². The lowest BCUT2D eigenvalue weighted by atomic mass is 9.85. The maximum atomic E-state index is 2.35. The van der Waals surface area contributed by atoms with E-state index in [0.29, 0.717) is 0 Å². The van der Waals surface area contributed by atoms with E-state index in [1.807, 2.05) is 0 Å². The molecule has 0 aromatic heterocycles. The van der Waals surface area contributed by atoms with E-state index in [9.17, 15) is 0 Å². The summed E-state index contributed by atoms with van der Waals surface area (Å²) >= 11 is 0. The Bertz CT molecular complexity index is 6030. The van der Waals surface area contributed by atoms with Gasteiger partial charge in [-0.15, -0.1) is 0 Å². The predicted molar refractivity (Wildman–Crippen MR) is 404 cm³/mol. The molecule has 0 saturated heterocycles. The van der Waals surface area contributed by atoms with Crippen molar-refractivity contribution in [3.8, 4) is 100 Å². The Morgan fingerprint density at radius 2 is 0.372 bits per heavy atom. The molecule has 19 rings (SSSR count). The summed E-state index contributed by atoms with van der Waals surface area (Å²) in [6.07, 6.45) is 0. The molecule has 0 spiro atoms. The molecule has 0 fully saturated rings. The third-order valence-electron chi connectivity index (χ3n) is 19.7. The lowest BCUT2D eigenvalue weighted by Gasteiger charge is -2.18. The lowest BCUT2D eigenvalue weighted by Crippen LogP contribution is -1.91. The molecule has 0 unspecified atom stereocenters. The molecular formula is C94H60. The summed E-state index contributed by atoms with van der Waals surface area (Å²) in [4.78, 5) is 0. The molecule has 0 nitrogen and oxygen atoms in total. The minimum atomic E-state index is 1.22. The van der Waals surface area contributed by atoms with Crippen molar-refractivity contribution in [2.24, 2.45) is 0 Å². The van der Waals surface area contributed by atoms with Crippen molar-refractivity contribution in [2.45, 2.75) is 0 Å². The van der Waals surface area contributed by atoms with E-state index in [4.69, 9.17) is 0 Å². The summed E-state index contributed by atoms with van der Waals surface area (Å²) < 4.78 is 0. The van der Waals surface area contributed by atoms with Gasteiger partial charge in [-0.05, 0) is 192 Å². The zero-order chi connectivity index (χ0) is 62.1. The molecule has 0 aliphatic rings. The normalized spacial score (nSPS) is 11.6. The average molecular weight is 1190 g/mol. The third kappa shape index (κ3) is 9.46. The molecule has 19 aromatic rings. The Morgan fingerprint density at radius 3 is 0.851 bits per heavy atom. The topological polar surface area (TPSA) is 0 Å². The highest BCUT2D eigenvalue weighted by Crippen LogP contribution is 2.47. The van der Waals surface area contributed by atoms with Crippen molar-refractivity contribution < 1.29 is 0 Å². The van der Waals surface area contributed by atoms with Crippen molar-refractivity contribution in [1.29, 1.82) is 0 Å². The van der Waals surface area contributed by atoms with Gasteiger partial charge in [0.2, 0.25) is 0 Å². The first-order valence-corrected chi connectivity index (χ1v) is 32.6. The van der Waals surface area contributed by atoms with Crippen LogP contribution in [0.4, 0.5) is 0 Å². The Hall–Kier alpha value is -12.2. The molecule has 0 aliphatic carbocycles. The van der Waals surface area contributed by atoms with Gasteiger partial charge in [0.15, 0.2) is 0 Å². The summed E-state index contributed by atoms with van der Waals surface area (Å²) in [7, 11) is 0. The Morgan fingerprint density at radius 1 is 0.106 bits per heavy atom. The summed E-state index contributed by atoms with van der Waals surface area (Å²) in [5.41, 5.74) is 22.5. The van der Waals surface area contributed by atoms with Gasteiger partial charge in [-0.1, -0.05) is 358 Å². The van der Waals surface area contributed by atoms with Crippen LogP contribution in [0.5, 0.6) is 0 Å². The standard InChI is InChI=1S/C50H32.C44H28/c1-2-9-33(10-3-1)34-17-19-37(20-18-34)43-14-6-7-15-45(43)46-30-28-40-26-25-39-27-29-44(47-31-32-48(46)50(40)49(39)47)38-23-21-36(22-24-38)42-16-8-12-35-11-4-5-13-41(35)42;1-2-8-29(9-3-1)35-12-6-13-36(28-35)40-25-21-34-22-26-41-39(24-20-33-23-27-42(40)44(34)43(33)41)32-18-16-31(17-19-32)38-15-7-11-30-10-4-5-14-37(30)38/h1-32H;1-28H. The van der Waals surface area contributed by atoms with E-state index in [0.717, 1.165) is 0 Å². The zero-order valence-electron chi connectivity index (χ0n) is 51.6. The molecule has 94 heavy (non-hydrogen) atoms. The molecule has 0 amide bonds. The molecule has 0 aliphatic heterocycles. The fourth-order valence-electron chi connectivity index (χ4n) is 15.1. The lowest BCUT2D eigenvalue weighted by molar-refractivity contribution is 1.58. The van der Waals surface area contributed by atoms with Crippen molar-refractivity contribution >= 4 is 86.2 Å². The van der Waals surface area contributed by atoms with E-state index in [-0.39, 0.29) is 0 Å². The molecular weight excluding hydrogens is 1130 g/mol. The maximum Gasteiger partial charge on any atom is -0.00203 e. The predicted octanol–water partition coefficient (Wildman–Crippen LogP) is 26.5. The van der Waals surface area contributed by atoms with Crippen LogP contribution in [0.2, 0.25) is 0 Å². The zero-order valence-corrected chi connectivity index (χ0v) is 51.6. The van der Waals surface area contributed by atoms with Gasteiger partial charge >= 0.3 is 0 Å². The number of rotatable bonds is 9. The van der Waals surface area contributed by atoms with Crippen LogP contribution in [0.1, 0.15) is 0 Å². The van der Waals surface area contributed by atoms with Gasteiger partial charge in [-0.2, -0.15) is 0 Å². The van der Waals surface area contributed by atoms with Crippen LogP contribution in [0.3, 0.4) is 0 Å².